The highest BCUT2D eigenvalue weighted by atomic mass is 32.2. The SMILES string of the molecule is CCCCN(C(=O)CN1CCNCC1)C1CCS(=O)(=O)C1. The third-order valence-electron chi connectivity index (χ3n) is 4.29. The van der Waals surface area contributed by atoms with E-state index in [4.69, 9.17) is 0 Å². The van der Waals surface area contributed by atoms with Gasteiger partial charge in [0.05, 0.1) is 18.1 Å². The van der Waals surface area contributed by atoms with Gasteiger partial charge in [-0.1, -0.05) is 13.3 Å². The lowest BCUT2D eigenvalue weighted by atomic mass is 10.2. The topological polar surface area (TPSA) is 69.7 Å². The van der Waals surface area contributed by atoms with Crippen LogP contribution in [0.2, 0.25) is 0 Å². The lowest BCUT2D eigenvalue weighted by Crippen LogP contribution is -2.51. The molecule has 0 aromatic rings. The van der Waals surface area contributed by atoms with Crippen molar-refractivity contribution in [2.24, 2.45) is 0 Å². The molecule has 0 aromatic heterocycles. The fourth-order valence-electron chi connectivity index (χ4n) is 3.01. The molecule has 1 unspecified atom stereocenters. The zero-order valence-corrected chi connectivity index (χ0v) is 13.7. The number of amides is 1. The van der Waals surface area contributed by atoms with Crippen molar-refractivity contribution in [3.63, 3.8) is 0 Å². The molecule has 21 heavy (non-hydrogen) atoms. The van der Waals surface area contributed by atoms with Gasteiger partial charge in [-0.15, -0.1) is 0 Å². The van der Waals surface area contributed by atoms with E-state index < -0.39 is 9.84 Å². The molecule has 0 saturated carbocycles. The maximum atomic E-state index is 12.6. The number of rotatable bonds is 6. The summed E-state index contributed by atoms with van der Waals surface area (Å²) in [6.45, 7) is 6.79. The highest BCUT2D eigenvalue weighted by molar-refractivity contribution is 7.91. The Morgan fingerprint density at radius 2 is 2.05 bits per heavy atom. The number of carbonyl (C=O) groups is 1. The van der Waals surface area contributed by atoms with Gasteiger partial charge < -0.3 is 10.2 Å². The van der Waals surface area contributed by atoms with Crippen LogP contribution in [0.5, 0.6) is 0 Å². The van der Waals surface area contributed by atoms with Crippen molar-refractivity contribution in [1.29, 1.82) is 0 Å². The quantitative estimate of drug-likeness (QED) is 0.729. The number of nitrogens with zero attached hydrogens (tertiary/aromatic N) is 2. The largest absolute Gasteiger partial charge is 0.338 e. The van der Waals surface area contributed by atoms with E-state index in [1.54, 1.807) is 0 Å². The van der Waals surface area contributed by atoms with E-state index in [1.807, 2.05) is 4.90 Å². The van der Waals surface area contributed by atoms with Crippen LogP contribution < -0.4 is 5.32 Å². The number of sulfone groups is 1. The normalized spacial score (nSPS) is 25.9. The van der Waals surface area contributed by atoms with Gasteiger partial charge in [-0.2, -0.15) is 0 Å². The molecule has 122 valence electrons. The molecule has 1 amide bonds. The van der Waals surface area contributed by atoms with Crippen molar-refractivity contribution in [2.45, 2.75) is 32.2 Å². The van der Waals surface area contributed by atoms with E-state index in [-0.39, 0.29) is 23.5 Å². The fraction of sp³-hybridized carbons (Fsp3) is 0.929. The van der Waals surface area contributed by atoms with Gasteiger partial charge in [-0.05, 0) is 12.8 Å². The first-order chi connectivity index (χ1) is 10.0. The smallest absolute Gasteiger partial charge is 0.237 e. The van der Waals surface area contributed by atoms with Crippen LogP contribution >= 0.6 is 0 Å². The maximum absolute atomic E-state index is 12.6. The van der Waals surface area contributed by atoms with Gasteiger partial charge in [0.25, 0.3) is 0 Å². The van der Waals surface area contributed by atoms with Crippen LogP contribution in [0, 0.1) is 0 Å². The summed E-state index contributed by atoms with van der Waals surface area (Å²) >= 11 is 0. The van der Waals surface area contributed by atoms with Crippen LogP contribution in [0.3, 0.4) is 0 Å². The monoisotopic (exact) mass is 317 g/mol. The van der Waals surface area contributed by atoms with Crippen LogP contribution in [-0.2, 0) is 14.6 Å². The third kappa shape index (κ3) is 4.93. The molecule has 0 radical (unpaired) electrons. The van der Waals surface area contributed by atoms with Crippen LogP contribution in [0.15, 0.2) is 0 Å². The molecule has 1 N–H and O–H groups in total. The Bertz CT molecular complexity index is 446. The van der Waals surface area contributed by atoms with Gasteiger partial charge in [-0.25, -0.2) is 8.42 Å². The van der Waals surface area contributed by atoms with Gasteiger partial charge in [0.1, 0.15) is 0 Å². The van der Waals surface area contributed by atoms with E-state index in [1.165, 1.54) is 0 Å². The molecule has 7 heteroatoms. The summed E-state index contributed by atoms with van der Waals surface area (Å²) < 4.78 is 23.4. The summed E-state index contributed by atoms with van der Waals surface area (Å²) in [5.41, 5.74) is 0. The Hall–Kier alpha value is -0.660. The molecule has 2 saturated heterocycles. The van der Waals surface area contributed by atoms with E-state index in [0.29, 0.717) is 19.5 Å². The van der Waals surface area contributed by atoms with Gasteiger partial charge >= 0.3 is 0 Å². The van der Waals surface area contributed by atoms with E-state index in [0.717, 1.165) is 39.0 Å². The summed E-state index contributed by atoms with van der Waals surface area (Å²) in [7, 11) is -2.95. The molecule has 0 aromatic carbocycles. The molecule has 1 atom stereocenters. The third-order valence-corrected chi connectivity index (χ3v) is 6.04. The molecule has 0 aliphatic carbocycles. The van der Waals surface area contributed by atoms with Crippen molar-refractivity contribution >= 4 is 15.7 Å². The molecule has 2 fully saturated rings. The number of unbranched alkanes of at least 4 members (excludes halogenated alkanes) is 1. The predicted molar refractivity (Wildman–Crippen MR) is 83.0 cm³/mol. The van der Waals surface area contributed by atoms with Crippen molar-refractivity contribution in [3.8, 4) is 0 Å². The average Bonchev–Trinajstić information content (AvgIpc) is 2.80. The van der Waals surface area contributed by atoms with E-state index in [9.17, 15) is 13.2 Å². The highest BCUT2D eigenvalue weighted by Crippen LogP contribution is 2.19. The number of hydrogen-bond donors (Lipinski definition) is 1. The first-order valence-corrected chi connectivity index (χ1v) is 9.77. The van der Waals surface area contributed by atoms with E-state index >= 15 is 0 Å². The number of carbonyl (C=O) groups excluding carboxylic acids is 1. The Labute approximate surface area is 127 Å². The zero-order valence-electron chi connectivity index (χ0n) is 12.9. The van der Waals surface area contributed by atoms with Crippen molar-refractivity contribution in [2.75, 3.05) is 50.8 Å². The molecular weight excluding hydrogens is 290 g/mol. The molecule has 6 nitrogen and oxygen atoms in total. The van der Waals surface area contributed by atoms with Gasteiger partial charge in [0, 0.05) is 38.8 Å². The predicted octanol–water partition coefficient (Wildman–Crippen LogP) is -0.293. The standard InChI is InChI=1S/C14H27N3O3S/c1-2-3-7-17(13-4-10-21(19,20)12-13)14(18)11-16-8-5-15-6-9-16/h13,15H,2-12H2,1H3. The van der Waals surface area contributed by atoms with Crippen molar-refractivity contribution in [1.82, 2.24) is 15.1 Å². The number of nitrogens with one attached hydrogen (secondary N) is 1. The van der Waals surface area contributed by atoms with Crippen molar-refractivity contribution < 1.29 is 13.2 Å². The second-order valence-corrected chi connectivity index (χ2v) is 8.25. The average molecular weight is 317 g/mol. The maximum Gasteiger partial charge on any atom is 0.237 e. The van der Waals surface area contributed by atoms with Gasteiger partial charge in [-0.3, -0.25) is 9.69 Å². The lowest BCUT2D eigenvalue weighted by Gasteiger charge is -2.32. The molecule has 0 spiro atoms. The fourth-order valence-corrected chi connectivity index (χ4v) is 4.74. The molecule has 2 rings (SSSR count). The number of hydrogen-bond acceptors (Lipinski definition) is 5. The van der Waals surface area contributed by atoms with Crippen LogP contribution in [0.25, 0.3) is 0 Å². The molecule has 0 bridgehead atoms. The van der Waals surface area contributed by atoms with E-state index in [2.05, 4.69) is 17.1 Å². The molecule has 2 aliphatic rings. The number of piperazine rings is 1. The second kappa shape index (κ2) is 7.56. The molecular formula is C14H27N3O3S. The summed E-state index contributed by atoms with van der Waals surface area (Å²) in [6, 6.07) is -0.114. The Morgan fingerprint density at radius 1 is 1.33 bits per heavy atom. The minimum atomic E-state index is -2.95. The summed E-state index contributed by atoms with van der Waals surface area (Å²) in [6.07, 6.45) is 2.54. The Morgan fingerprint density at radius 3 is 2.62 bits per heavy atom. The Kier molecular flexibility index (Phi) is 6.01. The summed E-state index contributed by atoms with van der Waals surface area (Å²) in [4.78, 5) is 16.6. The Balaban J connectivity index is 1.95. The summed E-state index contributed by atoms with van der Waals surface area (Å²) in [5, 5.41) is 3.27. The van der Waals surface area contributed by atoms with Crippen LogP contribution in [0.4, 0.5) is 0 Å². The van der Waals surface area contributed by atoms with Crippen molar-refractivity contribution in [3.05, 3.63) is 0 Å². The van der Waals surface area contributed by atoms with Crippen LogP contribution in [0.1, 0.15) is 26.2 Å². The molecule has 2 aliphatic heterocycles. The first kappa shape index (κ1) is 16.7. The summed E-state index contributed by atoms with van der Waals surface area (Å²) in [5.74, 6) is 0.457. The second-order valence-electron chi connectivity index (χ2n) is 6.02. The first-order valence-electron chi connectivity index (χ1n) is 7.95. The lowest BCUT2D eigenvalue weighted by molar-refractivity contribution is -0.134. The van der Waals surface area contributed by atoms with Crippen LogP contribution in [-0.4, -0.2) is 80.9 Å². The minimum Gasteiger partial charge on any atom is -0.338 e. The zero-order chi connectivity index (χ0) is 15.3. The van der Waals surface area contributed by atoms with Gasteiger partial charge in [0.2, 0.25) is 5.91 Å². The minimum absolute atomic E-state index is 0.0902. The van der Waals surface area contributed by atoms with Gasteiger partial charge in [0.15, 0.2) is 9.84 Å². The highest BCUT2D eigenvalue weighted by Gasteiger charge is 2.34. The molecule has 2 heterocycles.